The van der Waals surface area contributed by atoms with Crippen molar-refractivity contribution in [1.29, 1.82) is 0 Å². The molecule has 1 saturated heterocycles. The molecule has 3 rings (SSSR count). The van der Waals surface area contributed by atoms with Gasteiger partial charge in [-0.15, -0.1) is 0 Å². The van der Waals surface area contributed by atoms with E-state index in [-0.39, 0.29) is 18.4 Å². The number of piperazine rings is 1. The first-order valence-corrected chi connectivity index (χ1v) is 8.71. The fourth-order valence-electron chi connectivity index (χ4n) is 3.22. The highest BCUT2D eigenvalue weighted by atomic mass is 16.5. The smallest absolute Gasteiger partial charge is 0.260 e. The van der Waals surface area contributed by atoms with Crippen LogP contribution in [0.15, 0.2) is 18.2 Å². The molecule has 0 bridgehead atoms. The SMILES string of the molecule is CCCN1CCN(C(=O)COc2ccc3c(c2)CCC(=O)N3)CC1. The molecule has 1 fully saturated rings. The Morgan fingerprint density at radius 1 is 1.21 bits per heavy atom. The maximum absolute atomic E-state index is 12.3. The number of rotatable bonds is 5. The predicted molar refractivity (Wildman–Crippen MR) is 92.2 cm³/mol. The molecule has 0 aromatic heterocycles. The topological polar surface area (TPSA) is 61.9 Å². The third kappa shape index (κ3) is 4.06. The van der Waals surface area contributed by atoms with Crippen molar-refractivity contribution in [3.8, 4) is 5.75 Å². The van der Waals surface area contributed by atoms with E-state index in [0.29, 0.717) is 18.6 Å². The van der Waals surface area contributed by atoms with E-state index in [1.165, 1.54) is 0 Å². The molecular weight excluding hydrogens is 306 g/mol. The summed E-state index contributed by atoms with van der Waals surface area (Å²) in [4.78, 5) is 27.9. The van der Waals surface area contributed by atoms with Crippen LogP contribution in [0.3, 0.4) is 0 Å². The Balaban J connectivity index is 1.49. The van der Waals surface area contributed by atoms with Crippen LogP contribution in [0.25, 0.3) is 0 Å². The summed E-state index contributed by atoms with van der Waals surface area (Å²) in [5, 5.41) is 2.84. The molecule has 2 heterocycles. The Morgan fingerprint density at radius 3 is 2.75 bits per heavy atom. The Morgan fingerprint density at radius 2 is 2.00 bits per heavy atom. The number of amides is 2. The first-order chi connectivity index (χ1) is 11.7. The molecule has 6 heteroatoms. The van der Waals surface area contributed by atoms with Crippen molar-refractivity contribution in [1.82, 2.24) is 9.80 Å². The van der Waals surface area contributed by atoms with Gasteiger partial charge in [0.25, 0.3) is 5.91 Å². The number of hydrogen-bond acceptors (Lipinski definition) is 4. The van der Waals surface area contributed by atoms with E-state index in [2.05, 4.69) is 17.1 Å². The summed E-state index contributed by atoms with van der Waals surface area (Å²) in [5.74, 6) is 0.772. The highest BCUT2D eigenvalue weighted by molar-refractivity contribution is 5.94. The van der Waals surface area contributed by atoms with E-state index >= 15 is 0 Å². The fourth-order valence-corrected chi connectivity index (χ4v) is 3.22. The average molecular weight is 331 g/mol. The lowest BCUT2D eigenvalue weighted by Gasteiger charge is -2.34. The summed E-state index contributed by atoms with van der Waals surface area (Å²) >= 11 is 0. The maximum atomic E-state index is 12.3. The van der Waals surface area contributed by atoms with E-state index in [4.69, 9.17) is 4.74 Å². The van der Waals surface area contributed by atoms with Gasteiger partial charge in [0.15, 0.2) is 6.61 Å². The van der Waals surface area contributed by atoms with Gasteiger partial charge in [-0.05, 0) is 43.1 Å². The third-order valence-corrected chi connectivity index (χ3v) is 4.60. The number of nitrogens with zero attached hydrogens (tertiary/aromatic N) is 2. The van der Waals surface area contributed by atoms with E-state index in [9.17, 15) is 9.59 Å². The first-order valence-electron chi connectivity index (χ1n) is 8.71. The van der Waals surface area contributed by atoms with Crippen molar-refractivity contribution in [2.75, 3.05) is 44.6 Å². The molecule has 2 amide bonds. The van der Waals surface area contributed by atoms with Crippen molar-refractivity contribution in [3.63, 3.8) is 0 Å². The lowest BCUT2D eigenvalue weighted by Crippen LogP contribution is -2.50. The Labute approximate surface area is 142 Å². The Bertz CT molecular complexity index is 610. The molecular formula is C18H25N3O3. The zero-order valence-corrected chi connectivity index (χ0v) is 14.2. The number of anilines is 1. The summed E-state index contributed by atoms with van der Waals surface area (Å²) in [5.41, 5.74) is 1.91. The Hall–Kier alpha value is -2.08. The monoisotopic (exact) mass is 331 g/mol. The van der Waals surface area contributed by atoms with Crippen molar-refractivity contribution < 1.29 is 14.3 Å². The molecule has 6 nitrogen and oxygen atoms in total. The van der Waals surface area contributed by atoms with Crippen LogP contribution in [-0.2, 0) is 16.0 Å². The average Bonchev–Trinajstić information content (AvgIpc) is 2.60. The molecule has 0 aliphatic carbocycles. The van der Waals surface area contributed by atoms with Crippen LogP contribution in [0.5, 0.6) is 5.75 Å². The van der Waals surface area contributed by atoms with Gasteiger partial charge in [-0.2, -0.15) is 0 Å². The number of hydrogen-bond donors (Lipinski definition) is 1. The number of fused-ring (bicyclic) bond motifs is 1. The number of carbonyl (C=O) groups is 2. The largest absolute Gasteiger partial charge is 0.484 e. The van der Waals surface area contributed by atoms with Crippen LogP contribution in [0.4, 0.5) is 5.69 Å². The molecule has 2 aliphatic heterocycles. The molecule has 2 aliphatic rings. The summed E-state index contributed by atoms with van der Waals surface area (Å²) in [6.45, 7) is 6.78. The van der Waals surface area contributed by atoms with Crippen molar-refractivity contribution in [2.45, 2.75) is 26.2 Å². The third-order valence-electron chi connectivity index (χ3n) is 4.60. The molecule has 0 saturated carbocycles. The van der Waals surface area contributed by atoms with Gasteiger partial charge in [0.2, 0.25) is 5.91 Å². The zero-order chi connectivity index (χ0) is 16.9. The van der Waals surface area contributed by atoms with Crippen molar-refractivity contribution in [3.05, 3.63) is 23.8 Å². The summed E-state index contributed by atoms with van der Waals surface area (Å²) in [6, 6.07) is 5.56. The van der Waals surface area contributed by atoms with Crippen LogP contribution in [0.2, 0.25) is 0 Å². The van der Waals surface area contributed by atoms with Gasteiger partial charge in [-0.25, -0.2) is 0 Å². The minimum absolute atomic E-state index is 0.0390. The van der Waals surface area contributed by atoms with Gasteiger partial charge >= 0.3 is 0 Å². The fraction of sp³-hybridized carbons (Fsp3) is 0.556. The summed E-state index contributed by atoms with van der Waals surface area (Å²) in [7, 11) is 0. The number of carbonyl (C=O) groups excluding carboxylic acids is 2. The molecule has 24 heavy (non-hydrogen) atoms. The molecule has 1 N–H and O–H groups in total. The molecule has 130 valence electrons. The minimum Gasteiger partial charge on any atom is -0.484 e. The predicted octanol–water partition coefficient (Wildman–Crippen LogP) is 1.50. The molecule has 0 spiro atoms. The lowest BCUT2D eigenvalue weighted by atomic mass is 10.0. The number of ether oxygens (including phenoxy) is 1. The lowest BCUT2D eigenvalue weighted by molar-refractivity contribution is -0.135. The van der Waals surface area contributed by atoms with Gasteiger partial charge < -0.3 is 15.0 Å². The molecule has 0 unspecified atom stereocenters. The number of nitrogens with one attached hydrogen (secondary N) is 1. The second-order valence-electron chi connectivity index (χ2n) is 6.38. The van der Waals surface area contributed by atoms with Crippen LogP contribution in [-0.4, -0.2) is 60.9 Å². The van der Waals surface area contributed by atoms with E-state index in [1.807, 2.05) is 17.0 Å². The van der Waals surface area contributed by atoms with Crippen LogP contribution < -0.4 is 10.1 Å². The quantitative estimate of drug-likeness (QED) is 0.888. The van der Waals surface area contributed by atoms with Crippen LogP contribution >= 0.6 is 0 Å². The van der Waals surface area contributed by atoms with Crippen molar-refractivity contribution in [2.24, 2.45) is 0 Å². The standard InChI is InChI=1S/C18H25N3O3/c1-2-7-20-8-10-21(11-9-20)18(23)13-24-15-4-5-16-14(12-15)3-6-17(22)19-16/h4-5,12H,2-3,6-11,13H2,1H3,(H,19,22). The normalized spacial score (nSPS) is 18.0. The highest BCUT2D eigenvalue weighted by Gasteiger charge is 2.21. The number of aryl methyl sites for hydroxylation is 1. The highest BCUT2D eigenvalue weighted by Crippen LogP contribution is 2.26. The van der Waals surface area contributed by atoms with Gasteiger partial charge in [-0.3, -0.25) is 14.5 Å². The molecule has 1 aromatic rings. The number of benzene rings is 1. The molecule has 1 aromatic carbocycles. The molecule has 0 radical (unpaired) electrons. The van der Waals surface area contributed by atoms with Gasteiger partial charge in [0.05, 0.1) is 0 Å². The van der Waals surface area contributed by atoms with Gasteiger partial charge in [-0.1, -0.05) is 6.92 Å². The maximum Gasteiger partial charge on any atom is 0.260 e. The van der Waals surface area contributed by atoms with E-state index in [1.54, 1.807) is 6.07 Å². The van der Waals surface area contributed by atoms with Gasteiger partial charge in [0, 0.05) is 38.3 Å². The van der Waals surface area contributed by atoms with E-state index in [0.717, 1.165) is 50.4 Å². The summed E-state index contributed by atoms with van der Waals surface area (Å²) in [6.07, 6.45) is 2.36. The minimum atomic E-state index is 0.0390. The second-order valence-corrected chi connectivity index (χ2v) is 6.38. The van der Waals surface area contributed by atoms with Crippen LogP contribution in [0.1, 0.15) is 25.3 Å². The first kappa shape index (κ1) is 16.8. The van der Waals surface area contributed by atoms with Crippen LogP contribution in [0, 0.1) is 0 Å². The van der Waals surface area contributed by atoms with Gasteiger partial charge in [0.1, 0.15) is 5.75 Å². The summed E-state index contributed by atoms with van der Waals surface area (Å²) < 4.78 is 5.67. The second kappa shape index (κ2) is 7.66. The van der Waals surface area contributed by atoms with E-state index < -0.39 is 0 Å². The zero-order valence-electron chi connectivity index (χ0n) is 14.2. The molecule has 0 atom stereocenters. The van der Waals surface area contributed by atoms with Crippen molar-refractivity contribution >= 4 is 17.5 Å². The Kier molecular flexibility index (Phi) is 5.35.